The van der Waals surface area contributed by atoms with Crippen LogP contribution in [0.1, 0.15) is 31.6 Å². The molecule has 2 atom stereocenters. The van der Waals surface area contributed by atoms with Crippen LogP contribution in [-0.2, 0) is 4.74 Å². The molecule has 4 heterocycles. The van der Waals surface area contributed by atoms with E-state index >= 15 is 0 Å². The Balaban J connectivity index is 1.43. The maximum atomic E-state index is 6.40. The maximum absolute atomic E-state index is 6.40. The average molecular weight is 473 g/mol. The fourth-order valence-corrected chi connectivity index (χ4v) is 5.72. The molecule has 6 nitrogen and oxygen atoms in total. The number of rotatable bonds is 5. The zero-order valence-corrected chi connectivity index (χ0v) is 19.9. The summed E-state index contributed by atoms with van der Waals surface area (Å²) in [4.78, 5) is 12.1. The molecule has 0 radical (unpaired) electrons. The number of nitrogens with one attached hydrogen (secondary N) is 1. The molecule has 8 heteroatoms. The number of anilines is 1. The van der Waals surface area contributed by atoms with Crippen LogP contribution in [0.2, 0.25) is 0 Å². The standard InChI is InChI=1S/C24H29ClN4O2S/c1-16-14-19(25)3-4-20(16)32-24-22(28-23(31-24)17-6-12-30-13-7-17)18-2-5-21(27-15-18)29-10-8-26-9-11-29/h2-5,14-17,20,26H,6-13H2,1H3. The third kappa shape index (κ3) is 4.91. The van der Waals surface area contributed by atoms with E-state index in [-0.39, 0.29) is 5.25 Å². The van der Waals surface area contributed by atoms with Crippen LogP contribution in [0.3, 0.4) is 0 Å². The normalized spacial score (nSPS) is 24.6. The van der Waals surface area contributed by atoms with E-state index in [9.17, 15) is 0 Å². The van der Waals surface area contributed by atoms with Gasteiger partial charge in [0.25, 0.3) is 0 Å². The minimum Gasteiger partial charge on any atom is -0.433 e. The molecule has 5 rings (SSSR count). The Bertz CT molecular complexity index is 978. The molecular formula is C24H29ClN4O2S. The van der Waals surface area contributed by atoms with Crippen LogP contribution < -0.4 is 10.2 Å². The van der Waals surface area contributed by atoms with Crippen molar-refractivity contribution in [3.8, 4) is 11.3 Å². The summed E-state index contributed by atoms with van der Waals surface area (Å²) in [6, 6.07) is 4.22. The van der Waals surface area contributed by atoms with Crippen LogP contribution in [-0.4, -0.2) is 54.6 Å². The van der Waals surface area contributed by atoms with Gasteiger partial charge in [0.15, 0.2) is 11.0 Å². The van der Waals surface area contributed by atoms with E-state index in [0.717, 1.165) is 85.3 Å². The Morgan fingerprint density at radius 1 is 1.19 bits per heavy atom. The van der Waals surface area contributed by atoms with Crippen molar-refractivity contribution in [2.45, 2.75) is 36.0 Å². The highest BCUT2D eigenvalue weighted by Crippen LogP contribution is 2.41. The summed E-state index contributed by atoms with van der Waals surface area (Å²) < 4.78 is 11.9. The first kappa shape index (κ1) is 22.0. The van der Waals surface area contributed by atoms with Gasteiger partial charge in [0, 0.05) is 67.4 Å². The molecule has 1 N–H and O–H groups in total. The molecule has 2 fully saturated rings. The van der Waals surface area contributed by atoms with E-state index in [1.165, 1.54) is 0 Å². The Morgan fingerprint density at radius 2 is 2.00 bits per heavy atom. The lowest BCUT2D eigenvalue weighted by atomic mass is 10.0. The van der Waals surface area contributed by atoms with E-state index in [0.29, 0.717) is 11.8 Å². The van der Waals surface area contributed by atoms with Crippen LogP contribution in [0.5, 0.6) is 0 Å². The van der Waals surface area contributed by atoms with Gasteiger partial charge in [-0.2, -0.15) is 0 Å². The maximum Gasteiger partial charge on any atom is 0.199 e. The minimum atomic E-state index is 0.250. The van der Waals surface area contributed by atoms with E-state index < -0.39 is 0 Å². The lowest BCUT2D eigenvalue weighted by molar-refractivity contribution is 0.0786. The molecule has 2 aromatic rings. The van der Waals surface area contributed by atoms with Gasteiger partial charge in [0.05, 0.1) is 0 Å². The van der Waals surface area contributed by atoms with Crippen molar-refractivity contribution in [2.24, 2.45) is 5.92 Å². The number of thioether (sulfide) groups is 1. The number of piperazine rings is 1. The average Bonchev–Trinajstić information content (AvgIpc) is 3.26. The molecule has 0 amide bonds. The largest absolute Gasteiger partial charge is 0.433 e. The second-order valence-corrected chi connectivity index (χ2v) is 10.2. The molecule has 2 unspecified atom stereocenters. The highest BCUT2D eigenvalue weighted by Gasteiger charge is 2.27. The summed E-state index contributed by atoms with van der Waals surface area (Å²) in [5.74, 6) is 2.45. The minimum absolute atomic E-state index is 0.250. The molecule has 170 valence electrons. The number of hydrogen-bond donors (Lipinski definition) is 1. The zero-order chi connectivity index (χ0) is 21.9. The van der Waals surface area contributed by atoms with Gasteiger partial charge >= 0.3 is 0 Å². The fourth-order valence-electron chi connectivity index (χ4n) is 4.34. The molecule has 32 heavy (non-hydrogen) atoms. The Hall–Kier alpha value is -1.80. The lowest BCUT2D eigenvalue weighted by Gasteiger charge is -2.28. The lowest BCUT2D eigenvalue weighted by Crippen LogP contribution is -2.43. The molecule has 2 aromatic heterocycles. The molecule has 0 aromatic carbocycles. The van der Waals surface area contributed by atoms with E-state index in [1.54, 1.807) is 11.8 Å². The fraction of sp³-hybridized carbons (Fsp3) is 0.500. The third-order valence-electron chi connectivity index (χ3n) is 6.27. The molecule has 3 aliphatic rings. The van der Waals surface area contributed by atoms with Gasteiger partial charge in [-0.15, -0.1) is 0 Å². The van der Waals surface area contributed by atoms with Crippen molar-refractivity contribution in [2.75, 3.05) is 44.3 Å². The van der Waals surface area contributed by atoms with Crippen molar-refractivity contribution < 1.29 is 9.15 Å². The van der Waals surface area contributed by atoms with Crippen LogP contribution in [0.4, 0.5) is 5.82 Å². The molecule has 0 saturated carbocycles. The zero-order valence-electron chi connectivity index (χ0n) is 18.3. The monoisotopic (exact) mass is 472 g/mol. The number of pyridine rings is 1. The second-order valence-electron chi connectivity index (χ2n) is 8.57. The van der Waals surface area contributed by atoms with Crippen LogP contribution in [0.25, 0.3) is 11.3 Å². The van der Waals surface area contributed by atoms with Crippen LogP contribution in [0, 0.1) is 5.92 Å². The van der Waals surface area contributed by atoms with Crippen molar-refractivity contribution in [3.05, 3.63) is 47.5 Å². The number of allylic oxidation sites excluding steroid dienone is 3. The van der Waals surface area contributed by atoms with Crippen molar-refractivity contribution in [3.63, 3.8) is 0 Å². The smallest absolute Gasteiger partial charge is 0.199 e. The molecule has 2 saturated heterocycles. The molecule has 2 aliphatic heterocycles. The first-order valence-corrected chi connectivity index (χ1v) is 12.7. The van der Waals surface area contributed by atoms with Gasteiger partial charge in [0.1, 0.15) is 11.5 Å². The van der Waals surface area contributed by atoms with Gasteiger partial charge in [-0.1, -0.05) is 42.4 Å². The van der Waals surface area contributed by atoms with Gasteiger partial charge in [-0.05, 0) is 37.0 Å². The Morgan fingerprint density at radius 3 is 2.72 bits per heavy atom. The number of hydrogen-bond acceptors (Lipinski definition) is 7. The third-order valence-corrected chi connectivity index (χ3v) is 7.88. The van der Waals surface area contributed by atoms with Crippen LogP contribution >= 0.6 is 23.4 Å². The van der Waals surface area contributed by atoms with Gasteiger partial charge in [-0.25, -0.2) is 9.97 Å². The van der Waals surface area contributed by atoms with Crippen molar-refractivity contribution >= 4 is 29.2 Å². The molecule has 0 bridgehead atoms. The van der Waals surface area contributed by atoms with Crippen LogP contribution in [0.15, 0.2) is 51.1 Å². The summed E-state index contributed by atoms with van der Waals surface area (Å²) in [5.41, 5.74) is 1.88. The molecule has 1 aliphatic carbocycles. The topological polar surface area (TPSA) is 63.4 Å². The second kappa shape index (κ2) is 10.00. The van der Waals surface area contributed by atoms with Crippen molar-refractivity contribution in [1.82, 2.24) is 15.3 Å². The Labute approximate surface area is 198 Å². The van der Waals surface area contributed by atoms with Gasteiger partial charge in [-0.3, -0.25) is 0 Å². The number of aromatic nitrogens is 2. The van der Waals surface area contributed by atoms with Gasteiger partial charge in [0.2, 0.25) is 0 Å². The Kier molecular flexibility index (Phi) is 6.88. The summed E-state index contributed by atoms with van der Waals surface area (Å²) >= 11 is 7.91. The molecular weight excluding hydrogens is 444 g/mol. The van der Waals surface area contributed by atoms with Gasteiger partial charge < -0.3 is 19.4 Å². The van der Waals surface area contributed by atoms with Crippen molar-refractivity contribution in [1.29, 1.82) is 0 Å². The number of nitrogens with zero attached hydrogens (tertiary/aromatic N) is 3. The highest BCUT2D eigenvalue weighted by atomic mass is 35.5. The first-order valence-electron chi connectivity index (χ1n) is 11.4. The van der Waals surface area contributed by atoms with E-state index in [2.05, 4.69) is 41.4 Å². The summed E-state index contributed by atoms with van der Waals surface area (Å²) in [7, 11) is 0. The van der Waals surface area contributed by atoms with E-state index in [1.807, 2.05) is 12.3 Å². The predicted octanol–water partition coefficient (Wildman–Crippen LogP) is 4.83. The summed E-state index contributed by atoms with van der Waals surface area (Å²) in [5, 5.41) is 5.29. The predicted molar refractivity (Wildman–Crippen MR) is 129 cm³/mol. The summed E-state index contributed by atoms with van der Waals surface area (Å²) in [6.07, 6.45) is 10.1. The number of halogens is 1. The highest BCUT2D eigenvalue weighted by molar-refractivity contribution is 8.00. The number of oxazole rings is 1. The quantitative estimate of drug-likeness (QED) is 0.668. The SMILES string of the molecule is CC1C=C(Cl)C=CC1Sc1oc(C2CCOCC2)nc1-c1ccc(N2CCNCC2)nc1. The number of ether oxygens (including phenoxy) is 1. The first-order chi connectivity index (χ1) is 15.7. The summed E-state index contributed by atoms with van der Waals surface area (Å²) in [6.45, 7) is 7.65. The molecule has 0 spiro atoms. The van der Waals surface area contributed by atoms with E-state index in [4.69, 9.17) is 30.7 Å².